The lowest BCUT2D eigenvalue weighted by Crippen LogP contribution is -2.45. The molecule has 2 aromatic carbocycles. The summed E-state index contributed by atoms with van der Waals surface area (Å²) in [4.78, 5) is 14.3. The Kier molecular flexibility index (Phi) is 5.33. The minimum absolute atomic E-state index is 0.0445. The first-order valence-corrected chi connectivity index (χ1v) is 8.28. The molecule has 1 unspecified atom stereocenters. The summed E-state index contributed by atoms with van der Waals surface area (Å²) in [6.45, 7) is 5.07. The molecule has 0 aliphatic carbocycles. The third kappa shape index (κ3) is 4.18. The molecule has 1 heterocycles. The van der Waals surface area contributed by atoms with E-state index < -0.39 is 0 Å². The van der Waals surface area contributed by atoms with Gasteiger partial charge in [0.2, 0.25) is 5.91 Å². The smallest absolute Gasteiger partial charge is 0.222 e. The highest BCUT2D eigenvalue weighted by molar-refractivity contribution is 5.78. The Bertz CT molecular complexity index is 746. The first kappa shape index (κ1) is 17.0. The van der Waals surface area contributed by atoms with Crippen LogP contribution < -0.4 is 15.0 Å². The number of carbonyl (C=O) groups is 1. The van der Waals surface area contributed by atoms with Crippen molar-refractivity contribution in [2.45, 2.75) is 19.0 Å². The van der Waals surface area contributed by atoms with Gasteiger partial charge < -0.3 is 15.0 Å². The molecule has 25 heavy (non-hydrogen) atoms. The lowest BCUT2D eigenvalue weighted by Gasteiger charge is -2.38. The predicted molar refractivity (Wildman–Crippen MR) is 96.1 cm³/mol. The Morgan fingerprint density at radius 3 is 2.80 bits per heavy atom. The van der Waals surface area contributed by atoms with Crippen LogP contribution in [0, 0.1) is 5.82 Å². The third-order valence-corrected chi connectivity index (χ3v) is 4.18. The lowest BCUT2D eigenvalue weighted by molar-refractivity contribution is -0.121. The van der Waals surface area contributed by atoms with Crippen molar-refractivity contribution < 1.29 is 13.9 Å². The highest BCUT2D eigenvalue weighted by Crippen LogP contribution is 2.35. The highest BCUT2D eigenvalue weighted by atomic mass is 19.1. The number of rotatable bonds is 6. The van der Waals surface area contributed by atoms with Crippen LogP contribution >= 0.6 is 0 Å². The molecule has 4 nitrogen and oxygen atoms in total. The van der Waals surface area contributed by atoms with Crippen LogP contribution in [0.3, 0.4) is 0 Å². The van der Waals surface area contributed by atoms with Gasteiger partial charge in [0.25, 0.3) is 0 Å². The number of ether oxygens (including phenoxy) is 1. The number of nitrogens with zero attached hydrogens (tertiary/aromatic N) is 1. The zero-order valence-corrected chi connectivity index (χ0v) is 14.0. The summed E-state index contributed by atoms with van der Waals surface area (Å²) >= 11 is 0. The summed E-state index contributed by atoms with van der Waals surface area (Å²) in [5, 5.41) is 2.81. The number of anilines is 1. The van der Waals surface area contributed by atoms with Gasteiger partial charge in [-0.05, 0) is 29.8 Å². The second-order valence-electron chi connectivity index (χ2n) is 5.98. The number of benzene rings is 2. The predicted octanol–water partition coefficient (Wildman–Crippen LogP) is 3.29. The number of fused-ring (bicyclic) bond motifs is 1. The first-order valence-electron chi connectivity index (χ1n) is 8.28. The van der Waals surface area contributed by atoms with Crippen molar-refractivity contribution in [3.8, 4) is 5.75 Å². The largest absolute Gasteiger partial charge is 0.489 e. The Hall–Kier alpha value is -2.82. The summed E-state index contributed by atoms with van der Waals surface area (Å²) in [7, 11) is 0. The summed E-state index contributed by atoms with van der Waals surface area (Å²) in [6.07, 6.45) is 1.98. The number of halogens is 1. The average molecular weight is 340 g/mol. The van der Waals surface area contributed by atoms with Gasteiger partial charge in [-0.2, -0.15) is 0 Å². The van der Waals surface area contributed by atoms with E-state index in [1.807, 2.05) is 24.3 Å². The van der Waals surface area contributed by atoms with Crippen LogP contribution in [-0.4, -0.2) is 25.1 Å². The number of hydrogen-bond acceptors (Lipinski definition) is 3. The minimum atomic E-state index is -0.258. The molecule has 1 atom stereocenters. The minimum Gasteiger partial charge on any atom is -0.489 e. The van der Waals surface area contributed by atoms with E-state index in [2.05, 4.69) is 16.8 Å². The molecule has 1 amide bonds. The number of para-hydroxylation sites is 2. The fourth-order valence-corrected chi connectivity index (χ4v) is 2.93. The monoisotopic (exact) mass is 340 g/mol. The molecule has 1 N–H and O–H groups in total. The summed E-state index contributed by atoms with van der Waals surface area (Å²) < 4.78 is 19.0. The Balaban J connectivity index is 1.82. The molecule has 0 radical (unpaired) electrons. The van der Waals surface area contributed by atoms with Crippen molar-refractivity contribution in [1.82, 2.24) is 5.32 Å². The van der Waals surface area contributed by atoms with Crippen LogP contribution in [0.15, 0.2) is 61.2 Å². The van der Waals surface area contributed by atoms with Gasteiger partial charge in [0, 0.05) is 13.1 Å². The molecule has 0 fully saturated rings. The van der Waals surface area contributed by atoms with Gasteiger partial charge in [-0.15, -0.1) is 6.58 Å². The summed E-state index contributed by atoms with van der Waals surface area (Å²) in [5.41, 5.74) is 1.93. The standard InChI is InChI=1S/C20H21FN2O2/c1-2-11-22-20(24)12-17-14-25-19-6-4-3-5-18(19)23(17)13-15-7-9-16(21)10-8-15/h2-10,17H,1,11-14H2,(H,22,24). The van der Waals surface area contributed by atoms with Crippen LogP contribution in [0.1, 0.15) is 12.0 Å². The Morgan fingerprint density at radius 2 is 2.04 bits per heavy atom. The topological polar surface area (TPSA) is 41.6 Å². The molecule has 0 bridgehead atoms. The van der Waals surface area contributed by atoms with E-state index in [1.54, 1.807) is 18.2 Å². The summed E-state index contributed by atoms with van der Waals surface area (Å²) in [6, 6.07) is 14.1. The van der Waals surface area contributed by atoms with E-state index in [4.69, 9.17) is 4.74 Å². The quantitative estimate of drug-likeness (QED) is 0.821. The molecule has 0 spiro atoms. The van der Waals surface area contributed by atoms with E-state index in [1.165, 1.54) is 12.1 Å². The Labute approximate surface area is 146 Å². The molecule has 1 aliphatic heterocycles. The van der Waals surface area contributed by atoms with Crippen molar-refractivity contribution in [3.05, 3.63) is 72.6 Å². The first-order chi connectivity index (χ1) is 12.2. The van der Waals surface area contributed by atoms with E-state index in [9.17, 15) is 9.18 Å². The van der Waals surface area contributed by atoms with Crippen molar-refractivity contribution in [2.24, 2.45) is 0 Å². The molecule has 3 rings (SSSR count). The number of nitrogens with one attached hydrogen (secondary N) is 1. The van der Waals surface area contributed by atoms with Gasteiger partial charge in [0.15, 0.2) is 0 Å². The van der Waals surface area contributed by atoms with Crippen molar-refractivity contribution in [1.29, 1.82) is 0 Å². The highest BCUT2D eigenvalue weighted by Gasteiger charge is 2.29. The fourth-order valence-electron chi connectivity index (χ4n) is 2.93. The molecule has 0 saturated heterocycles. The third-order valence-electron chi connectivity index (χ3n) is 4.18. The normalized spacial score (nSPS) is 15.9. The fraction of sp³-hybridized carbons (Fsp3) is 0.250. The van der Waals surface area contributed by atoms with E-state index in [-0.39, 0.29) is 17.8 Å². The van der Waals surface area contributed by atoms with Crippen LogP contribution in [0.25, 0.3) is 0 Å². The second kappa shape index (κ2) is 7.83. The van der Waals surface area contributed by atoms with Gasteiger partial charge in [-0.1, -0.05) is 30.3 Å². The zero-order valence-electron chi connectivity index (χ0n) is 14.0. The van der Waals surface area contributed by atoms with Crippen LogP contribution in [-0.2, 0) is 11.3 Å². The Morgan fingerprint density at radius 1 is 1.28 bits per heavy atom. The van der Waals surface area contributed by atoms with E-state index >= 15 is 0 Å². The molecule has 1 aliphatic rings. The van der Waals surface area contributed by atoms with E-state index in [0.29, 0.717) is 26.1 Å². The number of hydrogen-bond donors (Lipinski definition) is 1. The van der Waals surface area contributed by atoms with Crippen molar-refractivity contribution in [2.75, 3.05) is 18.1 Å². The van der Waals surface area contributed by atoms with Gasteiger partial charge in [-0.3, -0.25) is 4.79 Å². The second-order valence-corrected chi connectivity index (χ2v) is 5.98. The van der Waals surface area contributed by atoms with Crippen LogP contribution in [0.5, 0.6) is 5.75 Å². The lowest BCUT2D eigenvalue weighted by atomic mass is 10.1. The SMILES string of the molecule is C=CCNC(=O)CC1COc2ccccc2N1Cc1ccc(F)cc1. The average Bonchev–Trinajstić information content (AvgIpc) is 2.63. The zero-order chi connectivity index (χ0) is 17.6. The summed E-state index contributed by atoms with van der Waals surface area (Å²) in [5.74, 6) is 0.496. The maximum Gasteiger partial charge on any atom is 0.222 e. The molecule has 130 valence electrons. The molecule has 5 heteroatoms. The molecule has 0 aromatic heterocycles. The molecule has 2 aromatic rings. The van der Waals surface area contributed by atoms with Crippen LogP contribution in [0.4, 0.5) is 10.1 Å². The van der Waals surface area contributed by atoms with Crippen molar-refractivity contribution in [3.63, 3.8) is 0 Å². The van der Waals surface area contributed by atoms with Gasteiger partial charge in [0.1, 0.15) is 18.2 Å². The van der Waals surface area contributed by atoms with Gasteiger partial charge in [-0.25, -0.2) is 4.39 Å². The van der Waals surface area contributed by atoms with Gasteiger partial charge >= 0.3 is 0 Å². The van der Waals surface area contributed by atoms with Crippen LogP contribution in [0.2, 0.25) is 0 Å². The molecule has 0 saturated carbocycles. The van der Waals surface area contributed by atoms with E-state index in [0.717, 1.165) is 17.0 Å². The van der Waals surface area contributed by atoms with Gasteiger partial charge in [0.05, 0.1) is 18.2 Å². The molecular formula is C20H21FN2O2. The van der Waals surface area contributed by atoms with Crippen molar-refractivity contribution >= 4 is 11.6 Å². The number of carbonyl (C=O) groups excluding carboxylic acids is 1. The molecular weight excluding hydrogens is 319 g/mol. The number of amides is 1. The maximum absolute atomic E-state index is 13.2. The maximum atomic E-state index is 13.2.